The number of nitrogens with zero attached hydrogens (tertiary/aromatic N) is 2. The van der Waals surface area contributed by atoms with Gasteiger partial charge >= 0.3 is 12.1 Å². The quantitative estimate of drug-likeness (QED) is 0.180. The van der Waals surface area contributed by atoms with Crippen molar-refractivity contribution in [3.8, 4) is 0 Å². The fourth-order valence-corrected chi connectivity index (χ4v) is 2.95. The van der Waals surface area contributed by atoms with E-state index in [4.69, 9.17) is 15.2 Å². The van der Waals surface area contributed by atoms with Crippen LogP contribution in [-0.4, -0.2) is 29.1 Å². The van der Waals surface area contributed by atoms with Crippen LogP contribution in [0.2, 0.25) is 0 Å². The maximum absolute atomic E-state index is 12.7. The summed E-state index contributed by atoms with van der Waals surface area (Å²) in [6, 6.07) is 18.9. The molecular weight excluding hydrogens is 551 g/mol. The molecule has 2 aromatic carbocycles. The number of carbonyl (C=O) groups is 3. The van der Waals surface area contributed by atoms with E-state index in [1.807, 2.05) is 60.7 Å². The van der Waals surface area contributed by atoms with Gasteiger partial charge in [-0.3, -0.25) is 4.79 Å². The Bertz CT molecular complexity index is 1080. The molecule has 3 rings (SSSR count). The van der Waals surface area contributed by atoms with Gasteiger partial charge in [-0.1, -0.05) is 65.3 Å². The first-order chi connectivity index (χ1) is 16.0. The van der Waals surface area contributed by atoms with Crippen LogP contribution in [0.1, 0.15) is 27.9 Å². The van der Waals surface area contributed by atoms with Crippen molar-refractivity contribution in [2.24, 2.45) is 5.73 Å². The third-order valence-corrected chi connectivity index (χ3v) is 4.70. The van der Waals surface area contributed by atoms with E-state index >= 15 is 0 Å². The largest absolute Gasteiger partial charge is 1.00 e. The van der Waals surface area contributed by atoms with Crippen LogP contribution in [0, 0.1) is 0 Å². The highest BCUT2D eigenvalue weighted by Gasteiger charge is 2.25. The first-order valence-electron chi connectivity index (χ1n) is 10.3. The lowest BCUT2D eigenvalue weighted by Gasteiger charge is -2.16. The monoisotopic (exact) mass is 576 g/mol. The van der Waals surface area contributed by atoms with E-state index in [1.54, 1.807) is 0 Å². The van der Waals surface area contributed by atoms with Gasteiger partial charge in [0, 0.05) is 6.42 Å². The Kier molecular flexibility index (Phi) is 10.9. The van der Waals surface area contributed by atoms with Crippen LogP contribution >= 0.6 is 0 Å². The van der Waals surface area contributed by atoms with E-state index in [-0.39, 0.29) is 55.7 Å². The van der Waals surface area contributed by atoms with Crippen LogP contribution in [0.5, 0.6) is 0 Å². The third-order valence-electron chi connectivity index (χ3n) is 4.70. The SMILES string of the molecule is NC(=O)c1ccn[n+](CC[C@H](NC(=O)OCc2ccccc2)C(=O)OCc2ccccc2)c1.[I-]. The molecule has 1 heterocycles. The number of aromatic nitrogens is 2. The molecule has 1 aromatic heterocycles. The van der Waals surface area contributed by atoms with E-state index < -0.39 is 24.0 Å². The molecule has 0 aliphatic carbocycles. The lowest BCUT2D eigenvalue weighted by Crippen LogP contribution is -3.00. The second-order valence-corrected chi connectivity index (χ2v) is 7.18. The molecule has 10 heteroatoms. The molecular formula is C24H25IN4O5. The van der Waals surface area contributed by atoms with Crippen molar-refractivity contribution >= 4 is 18.0 Å². The van der Waals surface area contributed by atoms with Crippen LogP contribution in [0.4, 0.5) is 4.79 Å². The summed E-state index contributed by atoms with van der Waals surface area (Å²) in [6.45, 7) is 0.361. The van der Waals surface area contributed by atoms with Gasteiger partial charge < -0.3 is 44.5 Å². The molecule has 0 spiro atoms. The molecule has 0 aliphatic rings. The maximum Gasteiger partial charge on any atom is 0.408 e. The minimum absolute atomic E-state index is 0. The molecule has 1 atom stereocenters. The van der Waals surface area contributed by atoms with Gasteiger partial charge in [0.2, 0.25) is 6.20 Å². The molecule has 178 valence electrons. The minimum atomic E-state index is -0.983. The van der Waals surface area contributed by atoms with Crippen molar-refractivity contribution in [1.82, 2.24) is 10.4 Å². The van der Waals surface area contributed by atoms with Gasteiger partial charge in [-0.2, -0.15) is 0 Å². The van der Waals surface area contributed by atoms with Crippen molar-refractivity contribution in [2.75, 3.05) is 0 Å². The number of amides is 2. The summed E-state index contributed by atoms with van der Waals surface area (Å²) in [6.07, 6.45) is 2.32. The Morgan fingerprint density at radius 1 is 0.912 bits per heavy atom. The first kappa shape index (κ1) is 26.7. The van der Waals surface area contributed by atoms with Gasteiger partial charge in [-0.15, -0.1) is 0 Å². The number of hydrogen-bond acceptors (Lipinski definition) is 6. The topological polar surface area (TPSA) is 124 Å². The zero-order valence-corrected chi connectivity index (χ0v) is 20.5. The van der Waals surface area contributed by atoms with E-state index in [2.05, 4.69) is 10.4 Å². The normalized spacial score (nSPS) is 10.9. The van der Waals surface area contributed by atoms with Gasteiger partial charge in [-0.05, 0) is 22.3 Å². The van der Waals surface area contributed by atoms with Gasteiger partial charge in [0.05, 0.1) is 6.20 Å². The number of carbonyl (C=O) groups excluding carboxylic acids is 3. The molecule has 0 saturated heterocycles. The van der Waals surface area contributed by atoms with E-state index in [1.165, 1.54) is 23.1 Å². The summed E-state index contributed by atoms with van der Waals surface area (Å²) in [4.78, 5) is 36.4. The number of primary amides is 1. The highest BCUT2D eigenvalue weighted by atomic mass is 127. The number of hydrogen-bond donors (Lipinski definition) is 2. The number of benzene rings is 2. The van der Waals surface area contributed by atoms with Crippen molar-refractivity contribution in [2.45, 2.75) is 32.2 Å². The Morgan fingerprint density at radius 2 is 1.50 bits per heavy atom. The van der Waals surface area contributed by atoms with E-state index in [0.29, 0.717) is 0 Å². The van der Waals surface area contributed by atoms with Crippen LogP contribution in [0.3, 0.4) is 0 Å². The molecule has 0 fully saturated rings. The second-order valence-electron chi connectivity index (χ2n) is 7.18. The predicted molar refractivity (Wildman–Crippen MR) is 117 cm³/mol. The number of rotatable bonds is 10. The molecule has 3 aromatic rings. The van der Waals surface area contributed by atoms with Crippen molar-refractivity contribution in [3.63, 3.8) is 0 Å². The average Bonchev–Trinajstić information content (AvgIpc) is 2.85. The van der Waals surface area contributed by atoms with Crippen LogP contribution < -0.4 is 39.7 Å². The number of halogens is 1. The number of nitrogens with one attached hydrogen (secondary N) is 1. The highest BCUT2D eigenvalue weighted by molar-refractivity contribution is 5.92. The summed E-state index contributed by atoms with van der Waals surface area (Å²) in [5.74, 6) is -1.20. The van der Waals surface area contributed by atoms with E-state index in [0.717, 1.165) is 11.1 Å². The fraction of sp³-hybridized carbons (Fsp3) is 0.208. The molecule has 3 N–H and O–H groups in total. The van der Waals surface area contributed by atoms with Gasteiger partial charge in [0.25, 0.3) is 5.91 Å². The summed E-state index contributed by atoms with van der Waals surface area (Å²) in [7, 11) is 0. The van der Waals surface area contributed by atoms with Crippen molar-refractivity contribution in [1.29, 1.82) is 0 Å². The zero-order chi connectivity index (χ0) is 23.5. The second kappa shape index (κ2) is 13.9. The lowest BCUT2D eigenvalue weighted by molar-refractivity contribution is -0.754. The van der Waals surface area contributed by atoms with Gasteiger partial charge in [-0.25, -0.2) is 9.59 Å². The maximum atomic E-state index is 12.7. The molecule has 9 nitrogen and oxygen atoms in total. The van der Waals surface area contributed by atoms with E-state index in [9.17, 15) is 14.4 Å². The zero-order valence-electron chi connectivity index (χ0n) is 18.3. The molecule has 0 bridgehead atoms. The Morgan fingerprint density at radius 3 is 2.09 bits per heavy atom. The average molecular weight is 576 g/mol. The molecule has 0 radical (unpaired) electrons. The van der Waals surface area contributed by atoms with Crippen LogP contribution in [0.15, 0.2) is 79.1 Å². The lowest BCUT2D eigenvalue weighted by atomic mass is 10.2. The summed E-state index contributed by atoms with van der Waals surface area (Å²) < 4.78 is 12.1. The minimum Gasteiger partial charge on any atom is -1.00 e. The Hall–Kier alpha value is -3.54. The van der Waals surface area contributed by atoms with Crippen molar-refractivity contribution in [3.05, 3.63) is 95.8 Å². The Labute approximate surface area is 214 Å². The standard InChI is InChI=1S/C24H24N4O5.HI/c25-22(29)20-11-13-26-28(15-20)14-12-21(23(30)32-16-18-7-3-1-4-8-18)27-24(31)33-17-19-9-5-2-6-10-19;/h1-11,13,15,21H,12,14,16-17H2,(H2-,25,27,29,31);1H/t21-;/m0./s1. The predicted octanol–water partition coefficient (Wildman–Crippen LogP) is -1.10. The molecule has 0 saturated carbocycles. The van der Waals surface area contributed by atoms with Crippen molar-refractivity contribution < 1.29 is 52.5 Å². The van der Waals surface area contributed by atoms with Crippen LogP contribution in [0.25, 0.3) is 0 Å². The third kappa shape index (κ3) is 8.77. The molecule has 34 heavy (non-hydrogen) atoms. The molecule has 0 unspecified atom stereocenters. The first-order valence-corrected chi connectivity index (χ1v) is 10.3. The number of ether oxygens (including phenoxy) is 2. The van der Waals surface area contributed by atoms with Crippen LogP contribution in [-0.2, 0) is 34.0 Å². The van der Waals surface area contributed by atoms with Gasteiger partial charge in [0.15, 0.2) is 6.54 Å². The number of alkyl carbamates (subject to hydrolysis) is 1. The summed E-state index contributed by atoms with van der Waals surface area (Å²) >= 11 is 0. The number of nitrogens with two attached hydrogens (primary N) is 1. The van der Waals surface area contributed by atoms with Gasteiger partial charge in [0.1, 0.15) is 24.8 Å². The fourth-order valence-electron chi connectivity index (χ4n) is 2.95. The summed E-state index contributed by atoms with van der Waals surface area (Å²) in [5.41, 5.74) is 7.22. The highest BCUT2D eigenvalue weighted by Crippen LogP contribution is 2.06. The molecule has 0 aliphatic heterocycles. The molecule has 2 amide bonds. The number of esters is 1. The number of aryl methyl sites for hydroxylation is 1. The smallest absolute Gasteiger partial charge is 0.408 e. The Balaban J connectivity index is 0.00000408. The summed E-state index contributed by atoms with van der Waals surface area (Å²) in [5, 5.41) is 6.68.